The van der Waals surface area contributed by atoms with Crippen LogP contribution in [0.25, 0.3) is 0 Å². The number of hydrogen-bond donors (Lipinski definition) is 2. The van der Waals surface area contributed by atoms with E-state index in [1.807, 2.05) is 17.5 Å². The number of guanidine groups is 1. The van der Waals surface area contributed by atoms with E-state index in [-0.39, 0.29) is 48.7 Å². The molecule has 166 valence electrons. The molecule has 0 unspecified atom stereocenters. The number of benzene rings is 1. The zero-order valence-electron chi connectivity index (χ0n) is 16.9. The largest absolute Gasteiger partial charge is 0.497 e. The molecule has 0 saturated heterocycles. The van der Waals surface area contributed by atoms with Crippen molar-refractivity contribution in [1.82, 2.24) is 15.5 Å². The van der Waals surface area contributed by atoms with Gasteiger partial charge in [0.25, 0.3) is 0 Å². The number of methoxy groups -OCH3 is 1. The standard InChI is InChI=1S/C19H24F2N4O3S.HI/c1-25(2)17(26)12-24-19(23-11-15-5-4-8-29-15)22-10-13-9-14(27-3)6-7-16(13)28-18(20)21;/h4-9,18H,10-12H2,1-3H3,(H2,22,23,24);1H. The van der Waals surface area contributed by atoms with Crippen molar-refractivity contribution in [1.29, 1.82) is 0 Å². The Kier molecular flexibility index (Phi) is 11.4. The van der Waals surface area contributed by atoms with Gasteiger partial charge in [-0.25, -0.2) is 4.99 Å². The van der Waals surface area contributed by atoms with Gasteiger partial charge in [-0.2, -0.15) is 8.78 Å². The first-order valence-corrected chi connectivity index (χ1v) is 9.63. The van der Waals surface area contributed by atoms with Crippen LogP contribution in [-0.2, 0) is 17.9 Å². The summed E-state index contributed by atoms with van der Waals surface area (Å²) in [5, 5.41) is 8.05. The predicted molar refractivity (Wildman–Crippen MR) is 124 cm³/mol. The van der Waals surface area contributed by atoms with E-state index in [0.29, 0.717) is 23.8 Å². The quantitative estimate of drug-likeness (QED) is 0.283. The first-order chi connectivity index (χ1) is 13.9. The van der Waals surface area contributed by atoms with Gasteiger partial charge in [-0.05, 0) is 29.6 Å². The van der Waals surface area contributed by atoms with Crippen LogP contribution in [0.1, 0.15) is 10.4 Å². The van der Waals surface area contributed by atoms with E-state index in [4.69, 9.17) is 4.74 Å². The van der Waals surface area contributed by atoms with Gasteiger partial charge in [0.05, 0.1) is 26.7 Å². The third-order valence-corrected chi connectivity index (χ3v) is 4.68. The van der Waals surface area contributed by atoms with Crippen molar-refractivity contribution in [2.75, 3.05) is 27.7 Å². The second-order valence-corrected chi connectivity index (χ2v) is 7.12. The van der Waals surface area contributed by atoms with E-state index in [2.05, 4.69) is 20.4 Å². The van der Waals surface area contributed by atoms with Crippen molar-refractivity contribution in [3.63, 3.8) is 0 Å². The molecule has 0 spiro atoms. The van der Waals surface area contributed by atoms with Crippen LogP contribution in [-0.4, -0.2) is 51.1 Å². The fourth-order valence-corrected chi connectivity index (χ4v) is 2.90. The summed E-state index contributed by atoms with van der Waals surface area (Å²) >= 11 is 1.58. The predicted octanol–water partition coefficient (Wildman–Crippen LogP) is 3.30. The molecule has 30 heavy (non-hydrogen) atoms. The Morgan fingerprint density at radius 3 is 2.63 bits per heavy atom. The summed E-state index contributed by atoms with van der Waals surface area (Å²) in [6, 6.07) is 8.44. The van der Waals surface area contributed by atoms with Gasteiger partial charge < -0.3 is 25.0 Å². The molecule has 7 nitrogen and oxygen atoms in total. The fraction of sp³-hybridized carbons (Fsp3) is 0.368. The van der Waals surface area contributed by atoms with Crippen molar-refractivity contribution < 1.29 is 23.0 Å². The van der Waals surface area contributed by atoms with Gasteiger partial charge in [-0.1, -0.05) is 6.07 Å². The maximum Gasteiger partial charge on any atom is 0.387 e. The highest BCUT2D eigenvalue weighted by atomic mass is 127. The van der Waals surface area contributed by atoms with Crippen molar-refractivity contribution >= 4 is 47.2 Å². The molecular formula is C19H25F2IN4O3S. The molecule has 0 saturated carbocycles. The molecule has 11 heteroatoms. The number of nitrogens with one attached hydrogen (secondary N) is 2. The van der Waals surface area contributed by atoms with E-state index in [9.17, 15) is 13.6 Å². The Labute approximate surface area is 195 Å². The van der Waals surface area contributed by atoms with Gasteiger partial charge in [0.2, 0.25) is 5.91 Å². The van der Waals surface area contributed by atoms with Gasteiger partial charge in [-0.15, -0.1) is 35.3 Å². The first kappa shape index (κ1) is 25.9. The number of carbonyl (C=O) groups is 1. The summed E-state index contributed by atoms with van der Waals surface area (Å²) in [6.45, 7) is -2.34. The average Bonchev–Trinajstić information content (AvgIpc) is 3.21. The molecule has 2 rings (SSSR count). The zero-order chi connectivity index (χ0) is 21.2. The molecule has 0 bridgehead atoms. The number of likely N-dealkylation sites (N-methyl/N-ethyl adjacent to an activating group) is 1. The van der Waals surface area contributed by atoms with E-state index in [1.54, 1.807) is 31.5 Å². The minimum Gasteiger partial charge on any atom is -0.497 e. The normalized spacial score (nSPS) is 10.9. The lowest BCUT2D eigenvalue weighted by atomic mass is 10.2. The SMILES string of the molecule is COc1ccc(OC(F)F)c(CN=C(NCC(=O)N(C)C)NCc2cccs2)c1.I. The molecule has 0 atom stereocenters. The summed E-state index contributed by atoms with van der Waals surface area (Å²) in [7, 11) is 4.80. The summed E-state index contributed by atoms with van der Waals surface area (Å²) in [4.78, 5) is 18.8. The summed E-state index contributed by atoms with van der Waals surface area (Å²) in [5.41, 5.74) is 0.431. The Hall–Kier alpha value is -2.15. The van der Waals surface area contributed by atoms with Gasteiger partial charge in [0, 0.05) is 24.5 Å². The zero-order valence-corrected chi connectivity index (χ0v) is 20.0. The number of amides is 1. The molecule has 0 aliphatic carbocycles. The van der Waals surface area contributed by atoms with Gasteiger partial charge in [0.1, 0.15) is 11.5 Å². The number of rotatable bonds is 9. The smallest absolute Gasteiger partial charge is 0.387 e. The average molecular weight is 554 g/mol. The van der Waals surface area contributed by atoms with Crippen LogP contribution in [0, 0.1) is 0 Å². The number of aliphatic imine (C=N–C) groups is 1. The van der Waals surface area contributed by atoms with Gasteiger partial charge >= 0.3 is 6.61 Å². The second-order valence-electron chi connectivity index (χ2n) is 6.09. The van der Waals surface area contributed by atoms with Crippen LogP contribution in [0.2, 0.25) is 0 Å². The molecule has 1 amide bonds. The van der Waals surface area contributed by atoms with Crippen LogP contribution >= 0.6 is 35.3 Å². The molecule has 1 aromatic heterocycles. The Morgan fingerprint density at radius 1 is 1.27 bits per heavy atom. The van der Waals surface area contributed by atoms with Crippen molar-refractivity contribution in [3.8, 4) is 11.5 Å². The summed E-state index contributed by atoms with van der Waals surface area (Å²) < 4.78 is 35.1. The fourth-order valence-electron chi connectivity index (χ4n) is 2.26. The topological polar surface area (TPSA) is 75.2 Å². The number of halogens is 3. The monoisotopic (exact) mass is 554 g/mol. The Bertz CT molecular complexity index is 820. The number of thiophene rings is 1. The van der Waals surface area contributed by atoms with Crippen LogP contribution in [0.15, 0.2) is 40.7 Å². The second kappa shape index (κ2) is 13.2. The van der Waals surface area contributed by atoms with Gasteiger partial charge in [-0.3, -0.25) is 4.79 Å². The van der Waals surface area contributed by atoms with Crippen molar-refractivity contribution in [2.24, 2.45) is 4.99 Å². The highest BCUT2D eigenvalue weighted by Gasteiger charge is 2.12. The van der Waals surface area contributed by atoms with Crippen molar-refractivity contribution in [3.05, 3.63) is 46.2 Å². The van der Waals surface area contributed by atoms with Crippen LogP contribution in [0.4, 0.5) is 8.78 Å². The van der Waals surface area contributed by atoms with Gasteiger partial charge in [0.15, 0.2) is 5.96 Å². The van der Waals surface area contributed by atoms with Crippen molar-refractivity contribution in [2.45, 2.75) is 19.7 Å². The molecule has 0 aliphatic heterocycles. The maximum atomic E-state index is 12.7. The number of alkyl halides is 2. The summed E-state index contributed by atoms with van der Waals surface area (Å²) in [6.07, 6.45) is 0. The lowest BCUT2D eigenvalue weighted by Crippen LogP contribution is -2.42. The van der Waals surface area contributed by atoms with E-state index in [1.165, 1.54) is 24.1 Å². The first-order valence-electron chi connectivity index (χ1n) is 8.75. The van der Waals surface area contributed by atoms with Crippen LogP contribution < -0.4 is 20.1 Å². The number of hydrogen-bond acceptors (Lipinski definition) is 5. The van der Waals surface area contributed by atoms with E-state index >= 15 is 0 Å². The number of nitrogens with zero attached hydrogens (tertiary/aromatic N) is 2. The highest BCUT2D eigenvalue weighted by Crippen LogP contribution is 2.26. The minimum absolute atomic E-state index is 0. The molecule has 2 N–H and O–H groups in total. The molecule has 1 heterocycles. The van der Waals surface area contributed by atoms with E-state index < -0.39 is 6.61 Å². The Balaban J connectivity index is 0.00000450. The molecule has 0 fully saturated rings. The molecular weight excluding hydrogens is 529 g/mol. The Morgan fingerprint density at radius 2 is 2.03 bits per heavy atom. The molecule has 0 radical (unpaired) electrons. The third kappa shape index (κ3) is 8.69. The number of ether oxygens (including phenoxy) is 2. The molecule has 2 aromatic rings. The van der Waals surface area contributed by atoms with Crippen LogP contribution in [0.3, 0.4) is 0 Å². The van der Waals surface area contributed by atoms with E-state index in [0.717, 1.165) is 4.88 Å². The third-order valence-electron chi connectivity index (χ3n) is 3.81. The number of carbonyl (C=O) groups excluding carboxylic acids is 1. The minimum atomic E-state index is -2.95. The maximum absolute atomic E-state index is 12.7. The molecule has 0 aliphatic rings. The van der Waals surface area contributed by atoms with Crippen LogP contribution in [0.5, 0.6) is 11.5 Å². The summed E-state index contributed by atoms with van der Waals surface area (Å²) in [5.74, 6) is 0.769. The lowest BCUT2D eigenvalue weighted by Gasteiger charge is -2.15. The highest BCUT2D eigenvalue weighted by molar-refractivity contribution is 14.0. The molecule has 1 aromatic carbocycles. The lowest BCUT2D eigenvalue weighted by molar-refractivity contribution is -0.127.